The van der Waals surface area contributed by atoms with Crippen molar-refractivity contribution < 1.29 is 23.5 Å². The number of carboxylic acids is 1. The summed E-state index contributed by atoms with van der Waals surface area (Å²) in [7, 11) is 0. The Balaban J connectivity index is 1.48. The Hall–Kier alpha value is -3.54. The summed E-state index contributed by atoms with van der Waals surface area (Å²) in [6.45, 7) is 0. The zero-order valence-electron chi connectivity index (χ0n) is 15.8. The Labute approximate surface area is 187 Å². The summed E-state index contributed by atoms with van der Waals surface area (Å²) in [5, 5.41) is 9.91. The van der Waals surface area contributed by atoms with Crippen LogP contribution in [0.1, 0.15) is 26.7 Å². The van der Waals surface area contributed by atoms with E-state index in [1.54, 1.807) is 54.6 Å². The lowest BCUT2D eigenvalue weighted by Gasteiger charge is -2.00. The van der Waals surface area contributed by atoms with Gasteiger partial charge in [0.25, 0.3) is 0 Å². The molecule has 0 atom stereocenters. The van der Waals surface area contributed by atoms with Gasteiger partial charge < -0.3 is 13.9 Å². The second-order valence-electron chi connectivity index (χ2n) is 6.57. The molecule has 4 rings (SSSR count). The van der Waals surface area contributed by atoms with E-state index in [1.165, 1.54) is 24.3 Å². The summed E-state index contributed by atoms with van der Waals surface area (Å²) in [4.78, 5) is 23.4. The van der Waals surface area contributed by atoms with Crippen molar-refractivity contribution in [3.05, 3.63) is 99.9 Å². The number of halogens is 2. The number of allylic oxidation sites excluding steroid dienone is 1. The molecule has 0 fully saturated rings. The number of carboxylic acid groups (broad SMARTS) is 1. The van der Waals surface area contributed by atoms with Gasteiger partial charge in [-0.25, -0.2) is 4.79 Å². The predicted octanol–water partition coefficient (Wildman–Crippen LogP) is 7.11. The van der Waals surface area contributed by atoms with E-state index in [-0.39, 0.29) is 17.1 Å². The molecule has 5 nitrogen and oxygen atoms in total. The summed E-state index contributed by atoms with van der Waals surface area (Å²) < 4.78 is 11.3. The smallest absolute Gasteiger partial charge is 0.335 e. The standard InChI is InChI=1S/C24H14Cl2O5/c25-16-5-8-18(19(26)13-16)22-11-12-23(31-22)20(27)9-6-17-7-10-21(30-17)14-1-3-15(4-2-14)24(28)29/h1-13H,(H,28,29)/b9-6+. The van der Waals surface area contributed by atoms with E-state index in [0.717, 1.165) is 5.56 Å². The molecular formula is C24H14Cl2O5. The maximum absolute atomic E-state index is 12.4. The fraction of sp³-hybridized carbons (Fsp3) is 0. The number of aromatic carboxylic acids is 1. The SMILES string of the molecule is O=C(O)c1ccc(-c2ccc(/C=C/C(=O)c3ccc(-c4ccc(Cl)cc4Cl)o3)o2)cc1. The number of furan rings is 2. The highest BCUT2D eigenvalue weighted by molar-refractivity contribution is 6.36. The Morgan fingerprint density at radius 3 is 2.29 bits per heavy atom. The van der Waals surface area contributed by atoms with E-state index < -0.39 is 5.97 Å². The molecule has 0 bridgehead atoms. The first-order valence-corrected chi connectivity index (χ1v) is 9.87. The highest BCUT2D eigenvalue weighted by atomic mass is 35.5. The molecule has 0 aliphatic carbocycles. The van der Waals surface area contributed by atoms with Crippen LogP contribution in [0.15, 0.2) is 81.6 Å². The second kappa shape index (κ2) is 8.68. The van der Waals surface area contributed by atoms with Crippen molar-refractivity contribution in [2.24, 2.45) is 0 Å². The molecule has 2 aromatic heterocycles. The highest BCUT2D eigenvalue weighted by Crippen LogP contribution is 2.31. The van der Waals surface area contributed by atoms with E-state index >= 15 is 0 Å². The first kappa shape index (κ1) is 20.7. The molecule has 0 radical (unpaired) electrons. The molecule has 0 unspecified atom stereocenters. The van der Waals surface area contributed by atoms with Gasteiger partial charge in [-0.3, -0.25) is 4.79 Å². The molecule has 2 aromatic carbocycles. The molecule has 0 amide bonds. The Morgan fingerprint density at radius 1 is 0.839 bits per heavy atom. The van der Waals surface area contributed by atoms with Crippen LogP contribution < -0.4 is 0 Å². The summed E-state index contributed by atoms with van der Waals surface area (Å²) >= 11 is 12.1. The summed E-state index contributed by atoms with van der Waals surface area (Å²) in [6.07, 6.45) is 2.89. The van der Waals surface area contributed by atoms with Crippen LogP contribution in [0.25, 0.3) is 28.7 Å². The van der Waals surface area contributed by atoms with E-state index in [0.29, 0.717) is 32.9 Å². The minimum absolute atomic E-state index is 0.160. The molecule has 4 aromatic rings. The van der Waals surface area contributed by atoms with E-state index in [2.05, 4.69) is 0 Å². The molecule has 0 saturated heterocycles. The van der Waals surface area contributed by atoms with E-state index in [4.69, 9.17) is 37.1 Å². The molecule has 0 aliphatic rings. The van der Waals surface area contributed by atoms with Crippen molar-refractivity contribution in [3.8, 4) is 22.6 Å². The summed E-state index contributed by atoms with van der Waals surface area (Å²) in [6, 6.07) is 18.0. The highest BCUT2D eigenvalue weighted by Gasteiger charge is 2.13. The van der Waals surface area contributed by atoms with Crippen LogP contribution in [0.2, 0.25) is 10.0 Å². The lowest BCUT2D eigenvalue weighted by atomic mass is 10.1. The van der Waals surface area contributed by atoms with Crippen LogP contribution in [-0.2, 0) is 0 Å². The first-order valence-electron chi connectivity index (χ1n) is 9.12. The molecule has 0 saturated carbocycles. The van der Waals surface area contributed by atoms with Crippen molar-refractivity contribution in [1.29, 1.82) is 0 Å². The third-order valence-corrected chi connectivity index (χ3v) is 5.04. The lowest BCUT2D eigenvalue weighted by Crippen LogP contribution is -1.94. The van der Waals surface area contributed by atoms with Crippen LogP contribution >= 0.6 is 23.2 Å². The quantitative estimate of drug-likeness (QED) is 0.249. The summed E-state index contributed by atoms with van der Waals surface area (Å²) in [5.74, 6) is 0.323. The van der Waals surface area contributed by atoms with Gasteiger partial charge in [-0.15, -0.1) is 0 Å². The van der Waals surface area contributed by atoms with Gasteiger partial charge in [-0.2, -0.15) is 0 Å². The van der Waals surface area contributed by atoms with Gasteiger partial charge in [0.15, 0.2) is 5.76 Å². The molecule has 2 heterocycles. The van der Waals surface area contributed by atoms with Gasteiger partial charge in [-0.1, -0.05) is 35.3 Å². The fourth-order valence-electron chi connectivity index (χ4n) is 2.92. The molecule has 0 aliphatic heterocycles. The molecule has 0 spiro atoms. The van der Waals surface area contributed by atoms with Crippen LogP contribution in [0.4, 0.5) is 0 Å². The van der Waals surface area contributed by atoms with Crippen LogP contribution in [-0.4, -0.2) is 16.9 Å². The molecule has 7 heteroatoms. The topological polar surface area (TPSA) is 80.6 Å². The van der Waals surface area contributed by atoms with Crippen molar-refractivity contribution >= 4 is 41.0 Å². The van der Waals surface area contributed by atoms with Crippen LogP contribution in [0.3, 0.4) is 0 Å². The van der Waals surface area contributed by atoms with Crippen LogP contribution in [0, 0.1) is 0 Å². The number of benzene rings is 2. The fourth-order valence-corrected chi connectivity index (χ4v) is 3.42. The van der Waals surface area contributed by atoms with E-state index in [9.17, 15) is 9.59 Å². The zero-order chi connectivity index (χ0) is 22.0. The maximum atomic E-state index is 12.4. The van der Waals surface area contributed by atoms with Crippen LogP contribution in [0.5, 0.6) is 0 Å². The maximum Gasteiger partial charge on any atom is 0.335 e. The van der Waals surface area contributed by atoms with Crippen molar-refractivity contribution in [2.45, 2.75) is 0 Å². The van der Waals surface area contributed by atoms with Crippen molar-refractivity contribution in [3.63, 3.8) is 0 Å². The zero-order valence-corrected chi connectivity index (χ0v) is 17.4. The molecular weight excluding hydrogens is 439 g/mol. The minimum atomic E-state index is -0.993. The van der Waals surface area contributed by atoms with Gasteiger partial charge >= 0.3 is 5.97 Å². The normalized spacial score (nSPS) is 11.2. The largest absolute Gasteiger partial charge is 0.478 e. The Bertz CT molecular complexity index is 1300. The monoisotopic (exact) mass is 452 g/mol. The third kappa shape index (κ3) is 4.63. The number of carbonyl (C=O) groups excluding carboxylic acids is 1. The Kier molecular flexibility index (Phi) is 5.80. The minimum Gasteiger partial charge on any atom is -0.478 e. The number of hydrogen-bond donors (Lipinski definition) is 1. The third-order valence-electron chi connectivity index (χ3n) is 4.49. The second-order valence-corrected chi connectivity index (χ2v) is 7.41. The van der Waals surface area contributed by atoms with Gasteiger partial charge in [-0.05, 0) is 66.7 Å². The predicted molar refractivity (Wildman–Crippen MR) is 119 cm³/mol. The van der Waals surface area contributed by atoms with Gasteiger partial charge in [0.2, 0.25) is 5.78 Å². The molecule has 154 valence electrons. The van der Waals surface area contributed by atoms with Crippen molar-refractivity contribution in [1.82, 2.24) is 0 Å². The van der Waals surface area contributed by atoms with Crippen molar-refractivity contribution in [2.75, 3.05) is 0 Å². The number of rotatable bonds is 6. The average molecular weight is 453 g/mol. The first-order chi connectivity index (χ1) is 14.9. The number of ketones is 1. The average Bonchev–Trinajstić information content (AvgIpc) is 3.42. The number of hydrogen-bond acceptors (Lipinski definition) is 4. The van der Waals surface area contributed by atoms with Gasteiger partial charge in [0, 0.05) is 16.1 Å². The van der Waals surface area contributed by atoms with E-state index in [1.807, 2.05) is 0 Å². The molecule has 1 N–H and O–H groups in total. The lowest BCUT2D eigenvalue weighted by molar-refractivity contribution is 0.0696. The van der Waals surface area contributed by atoms with Gasteiger partial charge in [0.1, 0.15) is 17.3 Å². The molecule has 31 heavy (non-hydrogen) atoms. The van der Waals surface area contributed by atoms with Gasteiger partial charge in [0.05, 0.1) is 10.6 Å². The number of carbonyl (C=O) groups is 2. The Morgan fingerprint density at radius 2 is 1.58 bits per heavy atom. The summed E-state index contributed by atoms with van der Waals surface area (Å²) in [5.41, 5.74) is 1.56.